The van der Waals surface area contributed by atoms with E-state index in [9.17, 15) is 4.79 Å². The highest BCUT2D eigenvalue weighted by Gasteiger charge is 2.19. The Bertz CT molecular complexity index is 771. The van der Waals surface area contributed by atoms with Crippen LogP contribution in [0.4, 0.5) is 10.5 Å². The van der Waals surface area contributed by atoms with Crippen molar-refractivity contribution in [2.24, 2.45) is 0 Å². The van der Waals surface area contributed by atoms with Gasteiger partial charge in [0.1, 0.15) is 11.4 Å². The zero-order valence-corrected chi connectivity index (χ0v) is 18.7. The number of carbonyl (C=O) groups excluding carboxylic acids is 1. The number of unbranched alkanes of at least 4 members (excludes halogenated alkanes) is 1. The van der Waals surface area contributed by atoms with Crippen LogP contribution in [0.25, 0.3) is 10.8 Å². The summed E-state index contributed by atoms with van der Waals surface area (Å²) in [5, 5.41) is 4.88. The molecule has 0 fully saturated rings. The van der Waals surface area contributed by atoms with E-state index in [1.54, 1.807) is 0 Å². The number of hydrogen-bond acceptors (Lipinski definition) is 3. The molecule has 6 heteroatoms. The molecule has 4 nitrogen and oxygen atoms in total. The van der Waals surface area contributed by atoms with Gasteiger partial charge in [-0.3, -0.25) is 5.32 Å². The van der Waals surface area contributed by atoms with Crippen LogP contribution >= 0.6 is 38.5 Å². The molecule has 0 aliphatic carbocycles. The molecular formula is C19H23BrINO3. The predicted molar refractivity (Wildman–Crippen MR) is 115 cm³/mol. The maximum Gasteiger partial charge on any atom is 0.412 e. The van der Waals surface area contributed by atoms with E-state index >= 15 is 0 Å². The highest BCUT2D eigenvalue weighted by atomic mass is 127. The molecule has 0 heterocycles. The van der Waals surface area contributed by atoms with Gasteiger partial charge in [-0.05, 0) is 55.8 Å². The van der Waals surface area contributed by atoms with Crippen molar-refractivity contribution in [3.63, 3.8) is 0 Å². The number of anilines is 1. The summed E-state index contributed by atoms with van der Waals surface area (Å²) in [4.78, 5) is 12.2. The number of fused-ring (bicyclic) bond motifs is 1. The van der Waals surface area contributed by atoms with Gasteiger partial charge in [0, 0.05) is 24.9 Å². The van der Waals surface area contributed by atoms with Crippen molar-refractivity contribution in [3.05, 3.63) is 32.3 Å². The maximum absolute atomic E-state index is 12.2. The Hall–Kier alpha value is -1.02. The molecule has 0 atom stereocenters. The standard InChI is InChI=1S/C19H23BrINO3/c1-5-6-10-24-15-11-14(22-18(23)25-19(2,3)4)17(21)12-8-7-9-13(20)16(12)15/h7-9,11H,5-6,10H2,1-4H3,(H,22,23). The third kappa shape index (κ3) is 5.48. The summed E-state index contributed by atoms with van der Waals surface area (Å²) in [6.45, 7) is 8.29. The minimum atomic E-state index is -0.546. The number of halogens is 2. The van der Waals surface area contributed by atoms with Crippen LogP contribution in [0.2, 0.25) is 0 Å². The van der Waals surface area contributed by atoms with Gasteiger partial charge in [-0.1, -0.05) is 41.4 Å². The van der Waals surface area contributed by atoms with Crippen LogP contribution < -0.4 is 10.1 Å². The fourth-order valence-corrected chi connectivity index (χ4v) is 3.62. The summed E-state index contributed by atoms with van der Waals surface area (Å²) in [5.41, 5.74) is 0.141. The predicted octanol–water partition coefficient (Wildman–Crippen LogP) is 6.73. The molecule has 0 saturated heterocycles. The van der Waals surface area contributed by atoms with E-state index in [-0.39, 0.29) is 0 Å². The Morgan fingerprint density at radius 1 is 1.32 bits per heavy atom. The van der Waals surface area contributed by atoms with Crippen molar-refractivity contribution in [3.8, 4) is 5.75 Å². The van der Waals surface area contributed by atoms with E-state index in [0.717, 1.165) is 37.4 Å². The second-order valence-corrected chi connectivity index (χ2v) is 8.66. The summed E-state index contributed by atoms with van der Waals surface area (Å²) < 4.78 is 13.3. The molecule has 0 aromatic heterocycles. The highest BCUT2D eigenvalue weighted by molar-refractivity contribution is 14.1. The van der Waals surface area contributed by atoms with Crippen LogP contribution in [-0.2, 0) is 4.74 Å². The van der Waals surface area contributed by atoms with Gasteiger partial charge < -0.3 is 9.47 Å². The molecule has 0 unspecified atom stereocenters. The quantitative estimate of drug-likeness (QED) is 0.351. The van der Waals surface area contributed by atoms with Crippen molar-refractivity contribution in [1.82, 2.24) is 0 Å². The summed E-state index contributed by atoms with van der Waals surface area (Å²) in [6, 6.07) is 7.86. The zero-order chi connectivity index (χ0) is 18.6. The van der Waals surface area contributed by atoms with Gasteiger partial charge in [0.05, 0.1) is 12.3 Å². The second kappa shape index (κ2) is 8.58. The monoisotopic (exact) mass is 519 g/mol. The molecule has 0 saturated carbocycles. The lowest BCUT2D eigenvalue weighted by Crippen LogP contribution is -2.27. The lowest BCUT2D eigenvalue weighted by atomic mass is 10.1. The number of ether oxygens (including phenoxy) is 2. The van der Waals surface area contributed by atoms with Crippen molar-refractivity contribution >= 4 is 61.1 Å². The summed E-state index contributed by atoms with van der Waals surface area (Å²) >= 11 is 5.85. The van der Waals surface area contributed by atoms with Gasteiger partial charge in [-0.25, -0.2) is 4.79 Å². The molecule has 2 aromatic rings. The summed E-state index contributed by atoms with van der Waals surface area (Å²) in [5.74, 6) is 0.752. The van der Waals surface area contributed by atoms with Crippen LogP contribution in [0.5, 0.6) is 5.75 Å². The van der Waals surface area contributed by atoms with Gasteiger partial charge in [0.2, 0.25) is 0 Å². The van der Waals surface area contributed by atoms with E-state index in [4.69, 9.17) is 9.47 Å². The average Bonchev–Trinajstić information content (AvgIpc) is 2.50. The Labute approximate surface area is 170 Å². The third-order valence-electron chi connectivity index (χ3n) is 3.40. The Morgan fingerprint density at radius 3 is 2.68 bits per heavy atom. The first-order valence-electron chi connectivity index (χ1n) is 8.26. The Morgan fingerprint density at radius 2 is 2.04 bits per heavy atom. The molecule has 1 N–H and O–H groups in total. The molecule has 2 aromatic carbocycles. The van der Waals surface area contributed by atoms with Crippen molar-refractivity contribution < 1.29 is 14.3 Å². The molecule has 0 aliphatic heterocycles. The average molecular weight is 520 g/mol. The van der Waals surface area contributed by atoms with Gasteiger partial charge in [0.15, 0.2) is 0 Å². The number of hydrogen-bond donors (Lipinski definition) is 1. The Kier molecular flexibility index (Phi) is 6.96. The molecule has 0 aliphatic rings. The van der Waals surface area contributed by atoms with Gasteiger partial charge in [0.25, 0.3) is 0 Å². The maximum atomic E-state index is 12.2. The topological polar surface area (TPSA) is 47.6 Å². The SMILES string of the molecule is CCCCOc1cc(NC(=O)OC(C)(C)C)c(I)c2cccc(Br)c12. The smallest absolute Gasteiger partial charge is 0.412 e. The molecule has 25 heavy (non-hydrogen) atoms. The third-order valence-corrected chi connectivity index (χ3v) is 5.22. The van der Waals surface area contributed by atoms with E-state index in [1.165, 1.54) is 0 Å². The van der Waals surface area contributed by atoms with Crippen molar-refractivity contribution in [2.45, 2.75) is 46.1 Å². The summed E-state index contributed by atoms with van der Waals surface area (Å²) in [7, 11) is 0. The first-order chi connectivity index (χ1) is 11.7. The van der Waals surface area contributed by atoms with Crippen LogP contribution in [-0.4, -0.2) is 18.3 Å². The van der Waals surface area contributed by atoms with Gasteiger partial charge >= 0.3 is 6.09 Å². The molecule has 0 spiro atoms. The number of benzene rings is 2. The highest BCUT2D eigenvalue weighted by Crippen LogP contribution is 2.39. The molecule has 1 amide bonds. The first kappa shape index (κ1) is 20.3. The number of rotatable bonds is 5. The van der Waals surface area contributed by atoms with E-state index in [1.807, 2.05) is 45.0 Å². The molecule has 136 valence electrons. The Balaban J connectivity index is 2.43. The van der Waals surface area contributed by atoms with Crippen molar-refractivity contribution in [1.29, 1.82) is 0 Å². The zero-order valence-electron chi connectivity index (χ0n) is 14.9. The fraction of sp³-hybridized carbons (Fsp3) is 0.421. The van der Waals surface area contributed by atoms with Crippen LogP contribution in [0.15, 0.2) is 28.7 Å². The largest absolute Gasteiger partial charge is 0.493 e. The number of carbonyl (C=O) groups is 1. The van der Waals surface area contributed by atoms with E-state index in [0.29, 0.717) is 12.3 Å². The summed E-state index contributed by atoms with van der Waals surface area (Å²) in [6.07, 6.45) is 1.57. The van der Waals surface area contributed by atoms with E-state index < -0.39 is 11.7 Å². The number of nitrogens with one attached hydrogen (secondary N) is 1. The van der Waals surface area contributed by atoms with Crippen LogP contribution in [0, 0.1) is 3.57 Å². The van der Waals surface area contributed by atoms with Crippen LogP contribution in [0.3, 0.4) is 0 Å². The van der Waals surface area contributed by atoms with Gasteiger partial charge in [-0.2, -0.15) is 0 Å². The van der Waals surface area contributed by atoms with Crippen LogP contribution in [0.1, 0.15) is 40.5 Å². The lowest BCUT2D eigenvalue weighted by Gasteiger charge is -2.21. The van der Waals surface area contributed by atoms with Gasteiger partial charge in [-0.15, -0.1) is 0 Å². The normalized spacial score (nSPS) is 11.4. The minimum absolute atomic E-state index is 0.473. The molecular weight excluding hydrogens is 497 g/mol. The fourth-order valence-electron chi connectivity index (χ4n) is 2.31. The van der Waals surface area contributed by atoms with Crippen molar-refractivity contribution in [2.75, 3.05) is 11.9 Å². The number of amides is 1. The second-order valence-electron chi connectivity index (χ2n) is 6.73. The lowest BCUT2D eigenvalue weighted by molar-refractivity contribution is 0.0636. The molecule has 2 rings (SSSR count). The first-order valence-corrected chi connectivity index (χ1v) is 10.1. The molecule has 0 radical (unpaired) electrons. The minimum Gasteiger partial charge on any atom is -0.493 e. The van der Waals surface area contributed by atoms with E-state index in [2.05, 4.69) is 50.8 Å². The molecule has 0 bridgehead atoms.